The molecule has 4 rings (SSSR count). The van der Waals surface area contributed by atoms with Gasteiger partial charge in [-0.1, -0.05) is 42.4 Å². The second kappa shape index (κ2) is 7.96. The lowest BCUT2D eigenvalue weighted by molar-refractivity contribution is -0.112. The number of aryl methyl sites for hydroxylation is 1. The fourth-order valence-corrected chi connectivity index (χ4v) is 2.78. The van der Waals surface area contributed by atoms with Crippen LogP contribution >= 0.6 is 0 Å². The summed E-state index contributed by atoms with van der Waals surface area (Å²) in [5.74, 6) is 1.44. The van der Waals surface area contributed by atoms with Gasteiger partial charge in [0.2, 0.25) is 12.7 Å². The molecule has 0 aliphatic carbocycles. The number of hydrogen-bond donors (Lipinski definition) is 1. The number of carbonyl (C=O) groups is 1. The predicted molar refractivity (Wildman–Crippen MR) is 103 cm³/mol. The van der Waals surface area contributed by atoms with Gasteiger partial charge in [-0.2, -0.15) is 0 Å². The summed E-state index contributed by atoms with van der Waals surface area (Å²) in [4.78, 5) is 12.1. The normalized spacial score (nSPS) is 12.5. The standard InChI is InChI=1S/C21H19N3O4/c1-2-14-3-5-16(6-4-14)12-20-23-24-21(28-20)22-19(25)10-8-15-7-9-17-18(11-15)27-13-26-17/h3-11H,2,12-13H2,1H3,(H,22,24,25)/b10-8+. The lowest BCUT2D eigenvalue weighted by Crippen LogP contribution is -2.07. The number of anilines is 1. The van der Waals surface area contributed by atoms with Gasteiger partial charge in [0.05, 0.1) is 6.42 Å². The Balaban J connectivity index is 1.34. The van der Waals surface area contributed by atoms with Crippen molar-refractivity contribution >= 4 is 18.0 Å². The van der Waals surface area contributed by atoms with Gasteiger partial charge < -0.3 is 13.9 Å². The molecule has 1 amide bonds. The number of amides is 1. The Morgan fingerprint density at radius 2 is 1.86 bits per heavy atom. The first-order valence-corrected chi connectivity index (χ1v) is 8.98. The summed E-state index contributed by atoms with van der Waals surface area (Å²) in [6.07, 6.45) is 4.57. The molecule has 1 aromatic heterocycles. The van der Waals surface area contributed by atoms with Crippen molar-refractivity contribution in [3.05, 3.63) is 71.1 Å². The molecule has 0 saturated carbocycles. The molecule has 0 unspecified atom stereocenters. The molecule has 0 fully saturated rings. The van der Waals surface area contributed by atoms with E-state index in [2.05, 4.69) is 34.6 Å². The molecule has 3 aromatic rings. The van der Waals surface area contributed by atoms with Crippen LogP contribution in [0.4, 0.5) is 6.01 Å². The Morgan fingerprint density at radius 3 is 2.68 bits per heavy atom. The van der Waals surface area contributed by atoms with Crippen LogP contribution in [0.5, 0.6) is 11.5 Å². The van der Waals surface area contributed by atoms with Gasteiger partial charge in [0, 0.05) is 6.08 Å². The first-order valence-electron chi connectivity index (χ1n) is 8.98. The van der Waals surface area contributed by atoms with Gasteiger partial charge >= 0.3 is 6.01 Å². The minimum atomic E-state index is -0.361. The number of aromatic nitrogens is 2. The molecule has 1 aliphatic rings. The van der Waals surface area contributed by atoms with Crippen LogP contribution in [0.1, 0.15) is 29.5 Å². The Bertz CT molecular complexity index is 1010. The largest absolute Gasteiger partial charge is 0.454 e. The van der Waals surface area contributed by atoms with Crippen LogP contribution in [-0.2, 0) is 17.6 Å². The third-order valence-corrected chi connectivity index (χ3v) is 4.31. The van der Waals surface area contributed by atoms with Crippen LogP contribution in [0.15, 0.2) is 53.0 Å². The summed E-state index contributed by atoms with van der Waals surface area (Å²) >= 11 is 0. The number of carbonyl (C=O) groups excluding carboxylic acids is 1. The summed E-state index contributed by atoms with van der Waals surface area (Å²) < 4.78 is 16.1. The van der Waals surface area contributed by atoms with E-state index in [1.165, 1.54) is 11.6 Å². The zero-order chi connectivity index (χ0) is 19.3. The van der Waals surface area contributed by atoms with E-state index in [1.807, 2.05) is 18.2 Å². The molecule has 2 aromatic carbocycles. The molecule has 7 nitrogen and oxygen atoms in total. The number of fused-ring (bicyclic) bond motifs is 1. The van der Waals surface area contributed by atoms with E-state index < -0.39 is 0 Å². The van der Waals surface area contributed by atoms with Crippen molar-refractivity contribution in [2.24, 2.45) is 0 Å². The highest BCUT2D eigenvalue weighted by Gasteiger charge is 2.13. The van der Waals surface area contributed by atoms with Gasteiger partial charge in [-0.3, -0.25) is 10.1 Å². The van der Waals surface area contributed by atoms with Crippen LogP contribution in [-0.4, -0.2) is 22.9 Å². The molecule has 28 heavy (non-hydrogen) atoms. The monoisotopic (exact) mass is 377 g/mol. The van der Waals surface area contributed by atoms with Crippen LogP contribution < -0.4 is 14.8 Å². The smallest absolute Gasteiger partial charge is 0.322 e. The lowest BCUT2D eigenvalue weighted by atomic mass is 10.1. The Kier molecular flexibility index (Phi) is 5.05. The molecule has 0 spiro atoms. The highest BCUT2D eigenvalue weighted by Crippen LogP contribution is 2.32. The Hall–Kier alpha value is -3.61. The Labute approximate surface area is 162 Å². The molecule has 1 N–H and O–H groups in total. The summed E-state index contributed by atoms with van der Waals surface area (Å²) in [5, 5.41) is 10.4. The molecule has 0 atom stereocenters. The number of ether oxygens (including phenoxy) is 2. The number of rotatable bonds is 6. The molecule has 0 saturated heterocycles. The SMILES string of the molecule is CCc1ccc(Cc2nnc(NC(=O)/C=C/c3ccc4c(c3)OCO4)o2)cc1. The van der Waals surface area contributed by atoms with Gasteiger partial charge in [0.15, 0.2) is 11.5 Å². The van der Waals surface area contributed by atoms with Crippen LogP contribution in [0.3, 0.4) is 0 Å². The number of nitrogens with zero attached hydrogens (tertiary/aromatic N) is 2. The second-order valence-corrected chi connectivity index (χ2v) is 6.28. The second-order valence-electron chi connectivity index (χ2n) is 6.28. The van der Waals surface area contributed by atoms with Gasteiger partial charge in [-0.25, -0.2) is 0 Å². The number of nitrogens with one attached hydrogen (secondary N) is 1. The molecule has 7 heteroatoms. The van der Waals surface area contributed by atoms with Crippen molar-refractivity contribution in [2.75, 3.05) is 12.1 Å². The summed E-state index contributed by atoms with van der Waals surface area (Å²) in [7, 11) is 0. The molecular formula is C21H19N3O4. The number of hydrogen-bond acceptors (Lipinski definition) is 6. The summed E-state index contributed by atoms with van der Waals surface area (Å²) in [5.41, 5.74) is 3.17. The molecular weight excluding hydrogens is 358 g/mol. The first-order chi connectivity index (χ1) is 13.7. The van der Waals surface area contributed by atoms with E-state index in [0.29, 0.717) is 23.8 Å². The highest BCUT2D eigenvalue weighted by molar-refractivity contribution is 6.00. The molecule has 142 valence electrons. The molecule has 0 radical (unpaired) electrons. The van der Waals surface area contributed by atoms with E-state index in [0.717, 1.165) is 17.5 Å². The quantitative estimate of drug-likeness (QED) is 0.661. The maximum Gasteiger partial charge on any atom is 0.322 e. The van der Waals surface area contributed by atoms with Gasteiger partial charge in [0.25, 0.3) is 5.91 Å². The van der Waals surface area contributed by atoms with Gasteiger partial charge in [0.1, 0.15) is 0 Å². The lowest BCUT2D eigenvalue weighted by Gasteiger charge is -1.99. The summed E-state index contributed by atoms with van der Waals surface area (Å²) in [6, 6.07) is 13.7. The van der Waals surface area contributed by atoms with Crippen LogP contribution in [0, 0.1) is 0 Å². The van der Waals surface area contributed by atoms with E-state index >= 15 is 0 Å². The van der Waals surface area contributed by atoms with E-state index in [9.17, 15) is 4.79 Å². The minimum absolute atomic E-state index is 0.0699. The van der Waals surface area contributed by atoms with E-state index in [4.69, 9.17) is 13.9 Å². The number of benzene rings is 2. The summed E-state index contributed by atoms with van der Waals surface area (Å²) in [6.45, 7) is 2.33. The zero-order valence-corrected chi connectivity index (χ0v) is 15.3. The van der Waals surface area contributed by atoms with Crippen molar-refractivity contribution < 1.29 is 18.7 Å². The van der Waals surface area contributed by atoms with Crippen molar-refractivity contribution in [2.45, 2.75) is 19.8 Å². The Morgan fingerprint density at radius 1 is 1.07 bits per heavy atom. The maximum atomic E-state index is 12.1. The third-order valence-electron chi connectivity index (χ3n) is 4.31. The van der Waals surface area contributed by atoms with E-state index in [-0.39, 0.29) is 18.7 Å². The minimum Gasteiger partial charge on any atom is -0.454 e. The third kappa shape index (κ3) is 4.20. The van der Waals surface area contributed by atoms with Crippen LogP contribution in [0.2, 0.25) is 0 Å². The van der Waals surface area contributed by atoms with Crippen molar-refractivity contribution in [3.8, 4) is 11.5 Å². The van der Waals surface area contributed by atoms with Gasteiger partial charge in [-0.05, 0) is 41.3 Å². The predicted octanol–water partition coefficient (Wildman–Crippen LogP) is 3.60. The highest BCUT2D eigenvalue weighted by atomic mass is 16.7. The zero-order valence-electron chi connectivity index (χ0n) is 15.3. The van der Waals surface area contributed by atoms with Gasteiger partial charge in [-0.15, -0.1) is 5.10 Å². The van der Waals surface area contributed by atoms with Crippen molar-refractivity contribution in [1.29, 1.82) is 0 Å². The van der Waals surface area contributed by atoms with E-state index in [1.54, 1.807) is 18.2 Å². The average molecular weight is 377 g/mol. The molecule has 0 bridgehead atoms. The van der Waals surface area contributed by atoms with Crippen molar-refractivity contribution in [1.82, 2.24) is 10.2 Å². The molecule has 1 aliphatic heterocycles. The molecule has 2 heterocycles. The fourth-order valence-electron chi connectivity index (χ4n) is 2.78. The van der Waals surface area contributed by atoms with Crippen molar-refractivity contribution in [3.63, 3.8) is 0 Å². The fraction of sp³-hybridized carbons (Fsp3) is 0.190. The average Bonchev–Trinajstić information content (AvgIpc) is 3.36. The maximum absolute atomic E-state index is 12.1. The van der Waals surface area contributed by atoms with Crippen LogP contribution in [0.25, 0.3) is 6.08 Å². The topological polar surface area (TPSA) is 86.5 Å². The first kappa shape index (κ1) is 17.8.